The highest BCUT2D eigenvalue weighted by atomic mass is 127. The van der Waals surface area contributed by atoms with Crippen LogP contribution in [0, 0.1) is 2.88 Å². The van der Waals surface area contributed by atoms with Crippen LogP contribution >= 0.6 is 33.9 Å². The van der Waals surface area contributed by atoms with Crippen molar-refractivity contribution in [3.63, 3.8) is 0 Å². The summed E-state index contributed by atoms with van der Waals surface area (Å²) in [5, 5.41) is 10.4. The van der Waals surface area contributed by atoms with E-state index in [-0.39, 0.29) is 0 Å². The van der Waals surface area contributed by atoms with Crippen LogP contribution in [-0.2, 0) is 0 Å². The highest BCUT2D eigenvalue weighted by Crippen LogP contribution is 2.20. The Balaban J connectivity index is 3.04. The van der Waals surface area contributed by atoms with Crippen LogP contribution in [0.3, 0.4) is 0 Å². The van der Waals surface area contributed by atoms with Crippen molar-refractivity contribution in [3.05, 3.63) is 14.3 Å². The molecule has 7 heavy (non-hydrogen) atoms. The summed E-state index contributed by atoms with van der Waals surface area (Å²) >= 11 is 3.70. The topological polar surface area (TPSA) is 20.2 Å². The minimum atomic E-state index is 0.370. The SMILES string of the molecule is Oc1csc(I)c1. The average Bonchev–Trinajstić information content (AvgIpc) is 1.87. The van der Waals surface area contributed by atoms with Crippen LogP contribution in [0.2, 0.25) is 0 Å². The van der Waals surface area contributed by atoms with E-state index in [2.05, 4.69) is 22.6 Å². The molecule has 1 heterocycles. The summed E-state index contributed by atoms with van der Waals surface area (Å²) in [7, 11) is 0. The number of thiophene rings is 1. The molecule has 3 heteroatoms. The summed E-state index contributed by atoms with van der Waals surface area (Å²) < 4.78 is 1.12. The van der Waals surface area contributed by atoms with Gasteiger partial charge in [-0.25, -0.2) is 0 Å². The summed E-state index contributed by atoms with van der Waals surface area (Å²) in [6.07, 6.45) is 0. The smallest absolute Gasteiger partial charge is 0.127 e. The number of halogens is 1. The van der Waals surface area contributed by atoms with E-state index in [0.717, 1.165) is 2.88 Å². The van der Waals surface area contributed by atoms with Gasteiger partial charge in [0.1, 0.15) is 5.75 Å². The van der Waals surface area contributed by atoms with Crippen molar-refractivity contribution in [1.82, 2.24) is 0 Å². The lowest BCUT2D eigenvalue weighted by Crippen LogP contribution is -1.45. The quantitative estimate of drug-likeness (QED) is 0.671. The van der Waals surface area contributed by atoms with Crippen molar-refractivity contribution >= 4 is 33.9 Å². The Labute approximate surface area is 59.1 Å². The Hall–Kier alpha value is 0.230. The Kier molecular flexibility index (Phi) is 1.53. The molecule has 0 saturated carbocycles. The fraction of sp³-hybridized carbons (Fsp3) is 0. The van der Waals surface area contributed by atoms with Crippen LogP contribution in [0.4, 0.5) is 0 Å². The molecule has 1 N–H and O–H groups in total. The van der Waals surface area contributed by atoms with Gasteiger partial charge in [0.15, 0.2) is 0 Å². The molecular weight excluding hydrogens is 223 g/mol. The molecule has 0 aliphatic carbocycles. The summed E-state index contributed by atoms with van der Waals surface area (Å²) in [5.74, 6) is 0.370. The van der Waals surface area contributed by atoms with Crippen LogP contribution in [0.25, 0.3) is 0 Å². The molecule has 0 fully saturated rings. The van der Waals surface area contributed by atoms with E-state index in [1.807, 2.05) is 0 Å². The fourth-order valence-electron chi connectivity index (χ4n) is 0.301. The third-order valence-corrected chi connectivity index (χ3v) is 2.33. The number of aromatic hydroxyl groups is 1. The minimum absolute atomic E-state index is 0.370. The molecular formula is C4H3IOS. The van der Waals surface area contributed by atoms with E-state index in [0.29, 0.717) is 5.75 Å². The highest BCUT2D eigenvalue weighted by Gasteiger charge is 1.88. The molecule has 0 aromatic carbocycles. The lowest BCUT2D eigenvalue weighted by molar-refractivity contribution is 0.477. The minimum Gasteiger partial charge on any atom is -0.507 e. The molecule has 0 unspecified atom stereocenters. The van der Waals surface area contributed by atoms with Gasteiger partial charge in [0.05, 0.1) is 2.88 Å². The Bertz CT molecular complexity index is 144. The standard InChI is InChI=1S/C4H3IOS/c5-4-1-3(6)2-7-4/h1-2,6H. The molecule has 0 radical (unpaired) electrons. The average molecular weight is 226 g/mol. The second kappa shape index (κ2) is 2.00. The number of hydrogen-bond donors (Lipinski definition) is 1. The summed E-state index contributed by atoms with van der Waals surface area (Å²) in [6.45, 7) is 0. The first-order chi connectivity index (χ1) is 3.29. The van der Waals surface area contributed by atoms with Crippen molar-refractivity contribution in [2.24, 2.45) is 0 Å². The molecule has 0 saturated heterocycles. The molecule has 1 nitrogen and oxygen atoms in total. The third-order valence-electron chi connectivity index (χ3n) is 0.554. The largest absolute Gasteiger partial charge is 0.507 e. The van der Waals surface area contributed by atoms with Crippen LogP contribution in [0.15, 0.2) is 11.4 Å². The van der Waals surface area contributed by atoms with E-state index < -0.39 is 0 Å². The molecule has 0 aliphatic rings. The molecule has 1 aromatic heterocycles. The number of rotatable bonds is 0. The zero-order valence-corrected chi connectivity index (χ0v) is 6.36. The first kappa shape index (κ1) is 5.37. The van der Waals surface area contributed by atoms with Crippen LogP contribution in [0.1, 0.15) is 0 Å². The molecule has 1 rings (SSSR count). The maximum atomic E-state index is 8.66. The van der Waals surface area contributed by atoms with Crippen LogP contribution in [-0.4, -0.2) is 5.11 Å². The van der Waals surface area contributed by atoms with E-state index in [9.17, 15) is 0 Å². The maximum Gasteiger partial charge on any atom is 0.127 e. The summed E-state index contributed by atoms with van der Waals surface area (Å²) in [4.78, 5) is 0. The predicted octanol–water partition coefficient (Wildman–Crippen LogP) is 2.06. The predicted molar refractivity (Wildman–Crippen MR) is 38.7 cm³/mol. The monoisotopic (exact) mass is 226 g/mol. The van der Waals surface area contributed by atoms with Crippen molar-refractivity contribution in [2.75, 3.05) is 0 Å². The zero-order valence-electron chi connectivity index (χ0n) is 3.39. The van der Waals surface area contributed by atoms with Gasteiger partial charge in [-0.2, -0.15) is 0 Å². The summed E-state index contributed by atoms with van der Waals surface area (Å²) in [6, 6.07) is 1.73. The highest BCUT2D eigenvalue weighted by molar-refractivity contribution is 14.1. The molecule has 0 amide bonds. The summed E-state index contributed by atoms with van der Waals surface area (Å²) in [5.41, 5.74) is 0. The first-order valence-corrected chi connectivity index (χ1v) is 3.68. The van der Waals surface area contributed by atoms with Gasteiger partial charge < -0.3 is 5.11 Å². The van der Waals surface area contributed by atoms with Crippen molar-refractivity contribution in [2.45, 2.75) is 0 Å². The van der Waals surface area contributed by atoms with E-state index in [1.54, 1.807) is 22.8 Å². The van der Waals surface area contributed by atoms with Gasteiger partial charge >= 0.3 is 0 Å². The van der Waals surface area contributed by atoms with Gasteiger partial charge in [0.2, 0.25) is 0 Å². The molecule has 0 atom stereocenters. The normalized spacial score (nSPS) is 9.29. The van der Waals surface area contributed by atoms with E-state index >= 15 is 0 Å². The third kappa shape index (κ3) is 1.31. The van der Waals surface area contributed by atoms with Crippen molar-refractivity contribution < 1.29 is 5.11 Å². The van der Waals surface area contributed by atoms with Gasteiger partial charge in [0.25, 0.3) is 0 Å². The van der Waals surface area contributed by atoms with Crippen LogP contribution in [0.5, 0.6) is 5.75 Å². The van der Waals surface area contributed by atoms with Crippen molar-refractivity contribution in [1.29, 1.82) is 0 Å². The molecule has 0 bridgehead atoms. The number of hydrogen-bond acceptors (Lipinski definition) is 2. The van der Waals surface area contributed by atoms with Crippen LogP contribution < -0.4 is 0 Å². The second-order valence-corrected chi connectivity index (χ2v) is 3.91. The molecule has 0 aliphatic heterocycles. The molecule has 0 spiro atoms. The lowest BCUT2D eigenvalue weighted by atomic mass is 10.6. The Morgan fingerprint density at radius 3 is 2.57 bits per heavy atom. The van der Waals surface area contributed by atoms with Crippen molar-refractivity contribution in [3.8, 4) is 5.75 Å². The first-order valence-electron chi connectivity index (χ1n) is 1.72. The zero-order chi connectivity index (χ0) is 5.28. The van der Waals surface area contributed by atoms with Gasteiger partial charge in [-0.15, -0.1) is 11.3 Å². The second-order valence-electron chi connectivity index (χ2n) is 1.11. The fourth-order valence-corrected chi connectivity index (χ4v) is 1.49. The molecule has 1 aromatic rings. The van der Waals surface area contributed by atoms with E-state index in [4.69, 9.17) is 5.11 Å². The molecule has 38 valence electrons. The maximum absolute atomic E-state index is 8.66. The van der Waals surface area contributed by atoms with Gasteiger partial charge in [0, 0.05) is 11.4 Å². The van der Waals surface area contributed by atoms with Gasteiger partial charge in [-0.3, -0.25) is 0 Å². The Morgan fingerprint density at radius 1 is 1.71 bits per heavy atom. The Morgan fingerprint density at radius 2 is 2.43 bits per heavy atom. The van der Waals surface area contributed by atoms with E-state index in [1.165, 1.54) is 0 Å². The van der Waals surface area contributed by atoms with Gasteiger partial charge in [-0.1, -0.05) is 0 Å². The lowest BCUT2D eigenvalue weighted by Gasteiger charge is -1.69. The van der Waals surface area contributed by atoms with Gasteiger partial charge in [-0.05, 0) is 22.6 Å².